The normalized spacial score (nSPS) is 22.0. The molecule has 27 heavy (non-hydrogen) atoms. The van der Waals surface area contributed by atoms with Crippen LogP contribution in [0.3, 0.4) is 0 Å². The van der Waals surface area contributed by atoms with Crippen molar-refractivity contribution in [3.05, 3.63) is 39.4 Å². The highest BCUT2D eigenvalue weighted by atomic mass is 19.1. The van der Waals surface area contributed by atoms with Crippen LogP contribution in [0.15, 0.2) is 16.9 Å². The first-order valence-corrected chi connectivity index (χ1v) is 9.17. The molecule has 1 saturated heterocycles. The maximum atomic E-state index is 14.0. The topological polar surface area (TPSA) is 92.6 Å². The molecule has 7 nitrogen and oxygen atoms in total. The zero-order chi connectivity index (χ0) is 19.1. The molecule has 3 N–H and O–H groups in total. The molecule has 2 aliphatic heterocycles. The van der Waals surface area contributed by atoms with Crippen molar-refractivity contribution in [1.29, 1.82) is 0 Å². The van der Waals surface area contributed by atoms with Gasteiger partial charge in [-0.3, -0.25) is 9.59 Å². The Morgan fingerprint density at radius 3 is 3.04 bits per heavy atom. The maximum absolute atomic E-state index is 14.0. The second-order valence-electron chi connectivity index (χ2n) is 7.15. The van der Waals surface area contributed by atoms with Gasteiger partial charge in [-0.25, -0.2) is 4.39 Å². The first kappa shape index (κ1) is 17.9. The van der Waals surface area contributed by atoms with Gasteiger partial charge in [-0.1, -0.05) is 0 Å². The lowest BCUT2D eigenvalue weighted by Crippen LogP contribution is -2.46. The predicted octanol–water partition coefficient (Wildman–Crippen LogP) is 1.07. The molecule has 0 spiro atoms. The van der Waals surface area contributed by atoms with Crippen LogP contribution in [0.1, 0.15) is 35.3 Å². The van der Waals surface area contributed by atoms with E-state index in [1.165, 1.54) is 16.7 Å². The first-order chi connectivity index (χ1) is 13.0. The number of aryl methyl sites for hydroxylation is 1. The van der Waals surface area contributed by atoms with E-state index in [2.05, 4.69) is 10.6 Å². The fourth-order valence-electron chi connectivity index (χ4n) is 3.93. The summed E-state index contributed by atoms with van der Waals surface area (Å²) in [5.41, 5.74) is 0.273. The summed E-state index contributed by atoms with van der Waals surface area (Å²) in [6.07, 6.45) is 1.08. The zero-order valence-electron chi connectivity index (χ0n) is 15.0. The van der Waals surface area contributed by atoms with Gasteiger partial charge in [-0.05, 0) is 37.5 Å². The van der Waals surface area contributed by atoms with E-state index in [0.717, 1.165) is 6.54 Å². The lowest BCUT2D eigenvalue weighted by Gasteiger charge is -2.27. The molecular weight excluding hydrogens is 353 g/mol. The summed E-state index contributed by atoms with van der Waals surface area (Å²) in [6.45, 7) is 4.00. The number of morpholine rings is 1. The fraction of sp³-hybridized carbons (Fsp3) is 0.474. The summed E-state index contributed by atoms with van der Waals surface area (Å²) in [5.74, 6) is -1.65. The largest absolute Gasteiger partial charge is 0.506 e. The molecule has 2 aliphatic rings. The van der Waals surface area contributed by atoms with Gasteiger partial charge in [0.15, 0.2) is 0 Å². The second kappa shape index (κ2) is 6.94. The molecule has 4 rings (SSSR count). The van der Waals surface area contributed by atoms with Crippen LogP contribution in [-0.4, -0.2) is 47.9 Å². The van der Waals surface area contributed by atoms with Crippen LogP contribution < -0.4 is 16.2 Å². The SMILES string of the molecule is CC1CCc2cc(F)cc3c(O)c(C(=O)NCC4CNCCO4)c(=O)n1c23. The van der Waals surface area contributed by atoms with Crippen molar-refractivity contribution in [3.63, 3.8) is 0 Å². The average Bonchev–Trinajstić information content (AvgIpc) is 2.66. The van der Waals surface area contributed by atoms with E-state index in [4.69, 9.17) is 4.74 Å². The second-order valence-corrected chi connectivity index (χ2v) is 7.15. The molecule has 1 aromatic carbocycles. The highest BCUT2D eigenvalue weighted by Gasteiger charge is 2.29. The number of nitrogens with zero attached hydrogens (tertiary/aromatic N) is 1. The van der Waals surface area contributed by atoms with E-state index in [0.29, 0.717) is 37.1 Å². The van der Waals surface area contributed by atoms with E-state index in [1.807, 2.05) is 6.92 Å². The minimum absolute atomic E-state index is 0.143. The van der Waals surface area contributed by atoms with Crippen molar-refractivity contribution in [2.24, 2.45) is 0 Å². The molecule has 0 radical (unpaired) electrons. The maximum Gasteiger partial charge on any atom is 0.267 e. The van der Waals surface area contributed by atoms with Gasteiger partial charge in [0.05, 0.1) is 18.2 Å². The van der Waals surface area contributed by atoms with E-state index in [-0.39, 0.29) is 29.6 Å². The predicted molar refractivity (Wildman–Crippen MR) is 97.8 cm³/mol. The molecule has 2 aromatic rings. The highest BCUT2D eigenvalue weighted by Crippen LogP contribution is 2.35. The number of pyridine rings is 1. The molecule has 1 fully saturated rings. The molecule has 0 aliphatic carbocycles. The number of aromatic nitrogens is 1. The van der Waals surface area contributed by atoms with Crippen molar-refractivity contribution in [2.45, 2.75) is 31.9 Å². The number of amides is 1. The summed E-state index contributed by atoms with van der Waals surface area (Å²) < 4.78 is 21.0. The van der Waals surface area contributed by atoms with Crippen LogP contribution in [0.2, 0.25) is 0 Å². The van der Waals surface area contributed by atoms with Crippen molar-refractivity contribution >= 4 is 16.8 Å². The van der Waals surface area contributed by atoms with Gasteiger partial charge in [-0.2, -0.15) is 0 Å². The molecular formula is C19H22FN3O4. The number of aromatic hydroxyl groups is 1. The minimum atomic E-state index is -0.680. The number of benzene rings is 1. The van der Waals surface area contributed by atoms with E-state index in [9.17, 15) is 19.1 Å². The van der Waals surface area contributed by atoms with Gasteiger partial charge < -0.3 is 25.0 Å². The number of hydrogen-bond donors (Lipinski definition) is 3. The molecule has 2 atom stereocenters. The molecule has 1 amide bonds. The summed E-state index contributed by atoms with van der Waals surface area (Å²) in [5, 5.41) is 16.6. The van der Waals surface area contributed by atoms with Crippen LogP contribution >= 0.6 is 0 Å². The number of halogens is 1. The Morgan fingerprint density at radius 2 is 2.30 bits per heavy atom. The number of nitrogens with one attached hydrogen (secondary N) is 2. The fourth-order valence-corrected chi connectivity index (χ4v) is 3.93. The Morgan fingerprint density at radius 1 is 1.48 bits per heavy atom. The average molecular weight is 375 g/mol. The zero-order valence-corrected chi connectivity index (χ0v) is 15.0. The Kier molecular flexibility index (Phi) is 4.61. The standard InChI is InChI=1S/C19H22FN3O4/c1-10-2-3-11-6-12(20)7-14-16(11)23(10)19(26)15(17(14)24)18(25)22-9-13-8-21-4-5-27-13/h6-7,10,13,21,24H,2-5,8-9H2,1H3,(H,22,25). The van der Waals surface area contributed by atoms with Gasteiger partial charge >= 0.3 is 0 Å². The van der Waals surface area contributed by atoms with Gasteiger partial charge in [0, 0.05) is 31.1 Å². The molecule has 3 heterocycles. The summed E-state index contributed by atoms with van der Waals surface area (Å²) in [6, 6.07) is 2.42. The van der Waals surface area contributed by atoms with Crippen molar-refractivity contribution in [3.8, 4) is 5.75 Å². The van der Waals surface area contributed by atoms with Gasteiger partial charge in [0.25, 0.3) is 11.5 Å². The number of carbonyl (C=O) groups is 1. The third-order valence-electron chi connectivity index (χ3n) is 5.31. The molecule has 144 valence electrons. The summed E-state index contributed by atoms with van der Waals surface area (Å²) in [7, 11) is 0. The third kappa shape index (κ3) is 3.08. The molecule has 8 heteroatoms. The van der Waals surface area contributed by atoms with Gasteiger partial charge in [0.2, 0.25) is 0 Å². The van der Waals surface area contributed by atoms with Crippen LogP contribution in [0, 0.1) is 5.82 Å². The third-order valence-corrected chi connectivity index (χ3v) is 5.31. The van der Waals surface area contributed by atoms with Crippen molar-refractivity contribution < 1.29 is 19.0 Å². The molecule has 0 saturated carbocycles. The van der Waals surface area contributed by atoms with Crippen LogP contribution in [0.4, 0.5) is 4.39 Å². The summed E-state index contributed by atoms with van der Waals surface area (Å²) in [4.78, 5) is 25.7. The monoisotopic (exact) mass is 375 g/mol. The van der Waals surface area contributed by atoms with Crippen LogP contribution in [-0.2, 0) is 11.2 Å². The Labute approximate surface area is 155 Å². The first-order valence-electron chi connectivity index (χ1n) is 9.17. The lowest BCUT2D eigenvalue weighted by atomic mass is 9.95. The molecule has 0 bridgehead atoms. The van der Waals surface area contributed by atoms with E-state index in [1.54, 1.807) is 0 Å². The van der Waals surface area contributed by atoms with Gasteiger partial charge in [0.1, 0.15) is 17.1 Å². The number of rotatable bonds is 3. The van der Waals surface area contributed by atoms with E-state index < -0.39 is 23.0 Å². The molecule has 1 aromatic heterocycles. The van der Waals surface area contributed by atoms with Crippen molar-refractivity contribution in [2.75, 3.05) is 26.2 Å². The summed E-state index contributed by atoms with van der Waals surface area (Å²) >= 11 is 0. The van der Waals surface area contributed by atoms with Crippen molar-refractivity contribution in [1.82, 2.24) is 15.2 Å². The lowest BCUT2D eigenvalue weighted by molar-refractivity contribution is 0.0287. The number of hydrogen-bond acceptors (Lipinski definition) is 5. The van der Waals surface area contributed by atoms with E-state index >= 15 is 0 Å². The number of carbonyl (C=O) groups excluding carboxylic acids is 1. The number of ether oxygens (including phenoxy) is 1. The highest BCUT2D eigenvalue weighted by molar-refractivity contribution is 6.03. The Balaban J connectivity index is 1.77. The minimum Gasteiger partial charge on any atom is -0.506 e. The van der Waals surface area contributed by atoms with Crippen LogP contribution in [0.5, 0.6) is 5.75 Å². The van der Waals surface area contributed by atoms with Crippen LogP contribution in [0.25, 0.3) is 10.9 Å². The Bertz CT molecular complexity index is 966. The van der Waals surface area contributed by atoms with Gasteiger partial charge in [-0.15, -0.1) is 0 Å². The smallest absolute Gasteiger partial charge is 0.267 e. The Hall–Kier alpha value is -2.45. The molecule has 2 unspecified atom stereocenters. The quantitative estimate of drug-likeness (QED) is 0.746.